The Hall–Kier alpha value is -13.7. The predicted octanol–water partition coefficient (Wildman–Crippen LogP) is 26.4. The van der Waals surface area contributed by atoms with Gasteiger partial charge in [0.05, 0.1) is 33.1 Å². The Morgan fingerprint density at radius 1 is 0.200 bits per heavy atom. The summed E-state index contributed by atoms with van der Waals surface area (Å²) in [5.41, 5.74) is 26.6. The van der Waals surface area contributed by atoms with Crippen LogP contribution in [0.2, 0.25) is 0 Å². The van der Waals surface area contributed by atoms with E-state index in [1.54, 1.807) is 0 Å². The highest BCUT2D eigenvalue weighted by molar-refractivity contribution is 6.26. The average Bonchev–Trinajstić information content (AvgIpc) is 1.58. The number of fused-ring (bicyclic) bond motifs is 15. The molecule has 20 rings (SSSR count). The molecular weight excluding hydrogens is 1270 g/mol. The maximum absolute atomic E-state index is 2.50. The summed E-state index contributed by atoms with van der Waals surface area (Å²) >= 11 is 0. The van der Waals surface area contributed by atoms with Gasteiger partial charge in [-0.3, -0.25) is 0 Å². The summed E-state index contributed by atoms with van der Waals surface area (Å²) < 4.78 is 7.41. The molecule has 20 aromatic rings. The lowest BCUT2D eigenvalue weighted by molar-refractivity contribution is 1.17. The highest BCUT2D eigenvalue weighted by Gasteiger charge is 2.26. The first-order valence-corrected chi connectivity index (χ1v) is 36.1. The standard InChI is InChI=1S/C99H70N6/c1-100(72-46-42-67(43-47-72)65-24-7-4-8-25-65)73-48-52-76(53-49-73)104-93-40-21-19-37-83(93)91-64-87(82-36-17-18-38-84(82)98(91)104)70-30-23-33-78(60-70)101(2)74-50-54-77(55-51-74)105-94-41-22-20-39-86(94)96-90(62-71-29-14-16-35-81(71)99(96)105)88-61-69(66-26-9-5-10-27-66)45-58-92(88)102(3)79-56-59-95-89(63-79)85-57-44-68-28-13-15-34-80(68)97(85)103(95)75-31-11-6-12-32-75/h4-64H,1-3H3. The highest BCUT2D eigenvalue weighted by atomic mass is 15.1. The first kappa shape index (κ1) is 61.2. The van der Waals surface area contributed by atoms with E-state index in [-0.39, 0.29) is 0 Å². The van der Waals surface area contributed by atoms with Gasteiger partial charge >= 0.3 is 0 Å². The van der Waals surface area contributed by atoms with Crippen molar-refractivity contribution in [1.29, 1.82) is 0 Å². The molecular formula is C99H70N6. The van der Waals surface area contributed by atoms with E-state index in [1.807, 2.05) is 0 Å². The quantitative estimate of drug-likeness (QED) is 0.115. The van der Waals surface area contributed by atoms with E-state index in [9.17, 15) is 0 Å². The minimum atomic E-state index is 1.09. The fourth-order valence-electron chi connectivity index (χ4n) is 16.8. The summed E-state index contributed by atoms with van der Waals surface area (Å²) in [5, 5.41) is 14.5. The Balaban J connectivity index is 0.668. The van der Waals surface area contributed by atoms with Crippen LogP contribution in [0.4, 0.5) is 34.1 Å². The van der Waals surface area contributed by atoms with Crippen molar-refractivity contribution >= 4 is 132 Å². The van der Waals surface area contributed by atoms with Gasteiger partial charge in [-0.15, -0.1) is 0 Å². The van der Waals surface area contributed by atoms with Crippen LogP contribution in [0.5, 0.6) is 0 Å². The van der Waals surface area contributed by atoms with Gasteiger partial charge in [0.1, 0.15) is 0 Å². The Kier molecular flexibility index (Phi) is 14.5. The van der Waals surface area contributed by atoms with Crippen molar-refractivity contribution in [3.8, 4) is 61.6 Å². The third-order valence-corrected chi connectivity index (χ3v) is 22.0. The minimum absolute atomic E-state index is 1.09. The van der Waals surface area contributed by atoms with Gasteiger partial charge in [0, 0.05) is 126 Å². The Morgan fingerprint density at radius 2 is 0.648 bits per heavy atom. The topological polar surface area (TPSA) is 24.5 Å². The van der Waals surface area contributed by atoms with E-state index < -0.39 is 0 Å². The molecule has 6 nitrogen and oxygen atoms in total. The molecule has 3 heterocycles. The van der Waals surface area contributed by atoms with Gasteiger partial charge in [-0.2, -0.15) is 0 Å². The summed E-state index contributed by atoms with van der Waals surface area (Å²) in [5.74, 6) is 0. The third kappa shape index (κ3) is 10.1. The average molecular weight is 1340 g/mol. The van der Waals surface area contributed by atoms with E-state index in [0.29, 0.717) is 0 Å². The van der Waals surface area contributed by atoms with E-state index >= 15 is 0 Å². The van der Waals surface area contributed by atoms with E-state index in [4.69, 9.17) is 0 Å². The molecule has 0 spiro atoms. The third-order valence-electron chi connectivity index (χ3n) is 22.0. The van der Waals surface area contributed by atoms with Crippen LogP contribution in [-0.4, -0.2) is 34.8 Å². The molecule has 496 valence electrons. The molecule has 0 radical (unpaired) electrons. The van der Waals surface area contributed by atoms with Crippen LogP contribution in [-0.2, 0) is 0 Å². The van der Waals surface area contributed by atoms with Crippen molar-refractivity contribution in [3.05, 3.63) is 370 Å². The van der Waals surface area contributed by atoms with Gasteiger partial charge in [-0.1, -0.05) is 231 Å². The maximum atomic E-state index is 2.50. The zero-order chi connectivity index (χ0) is 69.8. The summed E-state index contributed by atoms with van der Waals surface area (Å²) in [6.07, 6.45) is 0. The number of nitrogens with zero attached hydrogens (tertiary/aromatic N) is 6. The molecule has 0 saturated heterocycles. The fourth-order valence-corrected chi connectivity index (χ4v) is 16.8. The molecule has 0 aliphatic rings. The molecule has 0 bridgehead atoms. The predicted molar refractivity (Wildman–Crippen MR) is 447 cm³/mol. The van der Waals surface area contributed by atoms with Gasteiger partial charge < -0.3 is 28.4 Å². The second-order valence-electron chi connectivity index (χ2n) is 27.8. The molecule has 0 atom stereocenters. The molecule has 0 aliphatic carbocycles. The number of hydrogen-bond donors (Lipinski definition) is 0. The van der Waals surface area contributed by atoms with Crippen LogP contribution in [0.25, 0.3) is 159 Å². The van der Waals surface area contributed by atoms with Crippen molar-refractivity contribution in [2.24, 2.45) is 0 Å². The number of para-hydroxylation sites is 3. The molecule has 0 fully saturated rings. The van der Waals surface area contributed by atoms with Gasteiger partial charge in [0.25, 0.3) is 0 Å². The highest BCUT2D eigenvalue weighted by Crippen LogP contribution is 2.49. The molecule has 3 aromatic heterocycles. The SMILES string of the molecule is CN(c1ccc(-c2ccccc2)cc1)c1ccc(-n2c3ccccc3c3cc(-c4cccc(N(C)c5ccc(-n6c7ccccc7c7c(-c8cc(-c9ccccc9)ccc8N(C)c8ccc9c(c8)c8ccc%10ccccc%10c8n9-c8ccccc8)cc8ccccc8c76)cc5)c4)c4ccccc4c32)cc1. The van der Waals surface area contributed by atoms with Crippen LogP contribution < -0.4 is 14.7 Å². The summed E-state index contributed by atoms with van der Waals surface area (Å²) in [6.45, 7) is 0. The van der Waals surface area contributed by atoms with Gasteiger partial charge in [-0.05, 0) is 195 Å². The lowest BCUT2D eigenvalue weighted by atomic mass is 9.91. The Morgan fingerprint density at radius 3 is 1.32 bits per heavy atom. The number of rotatable bonds is 13. The summed E-state index contributed by atoms with van der Waals surface area (Å²) in [6, 6.07) is 136. The van der Waals surface area contributed by atoms with Crippen LogP contribution in [0.1, 0.15) is 0 Å². The largest absolute Gasteiger partial charge is 0.345 e. The van der Waals surface area contributed by atoms with E-state index in [0.717, 1.165) is 73.4 Å². The second kappa shape index (κ2) is 24.8. The van der Waals surface area contributed by atoms with Crippen LogP contribution in [0.15, 0.2) is 370 Å². The van der Waals surface area contributed by atoms with Crippen LogP contribution in [0, 0.1) is 0 Å². The maximum Gasteiger partial charge on any atom is 0.0625 e. The van der Waals surface area contributed by atoms with Crippen molar-refractivity contribution in [1.82, 2.24) is 13.7 Å². The molecule has 0 unspecified atom stereocenters. The molecule has 105 heavy (non-hydrogen) atoms. The van der Waals surface area contributed by atoms with Crippen LogP contribution >= 0.6 is 0 Å². The number of aromatic nitrogens is 3. The molecule has 0 aliphatic heterocycles. The Bertz CT molecular complexity index is 6790. The number of benzene rings is 17. The smallest absolute Gasteiger partial charge is 0.0625 e. The first-order valence-electron chi connectivity index (χ1n) is 36.1. The number of anilines is 6. The molecule has 0 saturated carbocycles. The minimum Gasteiger partial charge on any atom is -0.345 e. The molecule has 17 aromatic carbocycles. The number of hydrogen-bond acceptors (Lipinski definition) is 3. The van der Waals surface area contributed by atoms with Crippen molar-refractivity contribution in [2.45, 2.75) is 0 Å². The summed E-state index contributed by atoms with van der Waals surface area (Å²) in [4.78, 5) is 6.97. The zero-order valence-corrected chi connectivity index (χ0v) is 58.4. The first-order chi connectivity index (χ1) is 51.8. The lowest BCUT2D eigenvalue weighted by Crippen LogP contribution is -2.11. The van der Waals surface area contributed by atoms with Crippen molar-refractivity contribution in [3.63, 3.8) is 0 Å². The second-order valence-corrected chi connectivity index (χ2v) is 27.8. The van der Waals surface area contributed by atoms with Gasteiger partial charge in [0.2, 0.25) is 0 Å². The van der Waals surface area contributed by atoms with E-state index in [1.165, 1.54) is 120 Å². The van der Waals surface area contributed by atoms with Crippen molar-refractivity contribution in [2.75, 3.05) is 35.8 Å². The normalized spacial score (nSPS) is 11.8. The Labute approximate surface area is 609 Å². The summed E-state index contributed by atoms with van der Waals surface area (Å²) in [7, 11) is 6.57. The zero-order valence-electron chi connectivity index (χ0n) is 58.4. The van der Waals surface area contributed by atoms with Crippen LogP contribution in [0.3, 0.4) is 0 Å². The van der Waals surface area contributed by atoms with E-state index in [2.05, 4.69) is 420 Å². The molecule has 6 heteroatoms. The van der Waals surface area contributed by atoms with Crippen molar-refractivity contribution < 1.29 is 0 Å². The molecule has 0 N–H and O–H groups in total. The lowest BCUT2D eigenvalue weighted by Gasteiger charge is -2.25. The van der Waals surface area contributed by atoms with Gasteiger partial charge in [0.15, 0.2) is 0 Å². The monoisotopic (exact) mass is 1340 g/mol. The van der Waals surface area contributed by atoms with Gasteiger partial charge in [-0.25, -0.2) is 0 Å². The molecule has 0 amide bonds. The fraction of sp³-hybridized carbons (Fsp3) is 0.0303.